The summed E-state index contributed by atoms with van der Waals surface area (Å²) >= 11 is 0. The van der Waals surface area contributed by atoms with Crippen molar-refractivity contribution in [1.82, 2.24) is 14.7 Å². The largest absolute Gasteiger partial charge is 0.465 e. The molecule has 0 unspecified atom stereocenters. The summed E-state index contributed by atoms with van der Waals surface area (Å²) in [5.74, 6) is -0.0804. The van der Waals surface area contributed by atoms with E-state index in [0.29, 0.717) is 5.56 Å². The number of aromatic amines is 1. The summed E-state index contributed by atoms with van der Waals surface area (Å²) in [6.45, 7) is 0. The molecule has 2 heterocycles. The van der Waals surface area contributed by atoms with E-state index in [-0.39, 0.29) is 17.7 Å². The molecule has 0 radical (unpaired) electrons. The van der Waals surface area contributed by atoms with Crippen LogP contribution in [0.25, 0.3) is 11.0 Å². The number of carbonyl (C=O) groups is 1. The van der Waals surface area contributed by atoms with E-state index in [9.17, 15) is 13.2 Å². The fourth-order valence-corrected chi connectivity index (χ4v) is 5.03. The summed E-state index contributed by atoms with van der Waals surface area (Å²) in [6, 6.07) is 2.13. The molecule has 0 amide bonds. The number of methoxy groups -OCH3 is 1. The van der Waals surface area contributed by atoms with Gasteiger partial charge in [0.25, 0.3) is 0 Å². The van der Waals surface area contributed by atoms with Crippen LogP contribution < -0.4 is 9.62 Å². The summed E-state index contributed by atoms with van der Waals surface area (Å²) in [5, 5.41) is 0.875. The molecule has 148 valence electrons. The van der Waals surface area contributed by atoms with Crippen LogP contribution in [0.2, 0.25) is 0 Å². The molecule has 0 aliphatic heterocycles. The Morgan fingerprint density at radius 2 is 2.07 bits per heavy atom. The molecule has 8 nitrogen and oxygen atoms in total. The Kier molecular flexibility index (Phi) is 5.71. The molecule has 1 aliphatic rings. The van der Waals surface area contributed by atoms with Crippen LogP contribution >= 0.6 is 0 Å². The Bertz CT molecular complexity index is 917. The molecule has 0 aromatic carbocycles. The minimum atomic E-state index is -3.19. The number of hydrogen-bond donors (Lipinski definition) is 2. The highest BCUT2D eigenvalue weighted by molar-refractivity contribution is 7.89. The molecule has 2 aromatic heterocycles. The lowest BCUT2D eigenvalue weighted by Crippen LogP contribution is -2.38. The number of fused-ring (bicyclic) bond motifs is 1. The lowest BCUT2D eigenvalue weighted by Gasteiger charge is -2.36. The number of pyridine rings is 1. The molecule has 27 heavy (non-hydrogen) atoms. The third-order valence-electron chi connectivity index (χ3n) is 5.45. The molecule has 2 N–H and O–H groups in total. The first-order chi connectivity index (χ1) is 12.9. The Morgan fingerprint density at radius 3 is 2.70 bits per heavy atom. The van der Waals surface area contributed by atoms with Crippen LogP contribution in [0.1, 0.15) is 36.0 Å². The minimum Gasteiger partial charge on any atom is -0.465 e. The zero-order chi connectivity index (χ0) is 19.6. The Balaban J connectivity index is 1.82. The van der Waals surface area contributed by atoms with Gasteiger partial charge in [-0.3, -0.25) is 0 Å². The van der Waals surface area contributed by atoms with Crippen molar-refractivity contribution < 1.29 is 17.9 Å². The van der Waals surface area contributed by atoms with Gasteiger partial charge in [0, 0.05) is 30.9 Å². The molecule has 1 aliphatic carbocycles. The van der Waals surface area contributed by atoms with E-state index in [1.807, 2.05) is 13.1 Å². The average molecular weight is 394 g/mol. The van der Waals surface area contributed by atoms with Crippen LogP contribution in [0.3, 0.4) is 0 Å². The molecular formula is C18H26N4O4S. The van der Waals surface area contributed by atoms with Crippen molar-refractivity contribution in [2.75, 3.05) is 31.9 Å². The molecule has 0 spiro atoms. The number of sulfonamides is 1. The quantitative estimate of drug-likeness (QED) is 0.725. The van der Waals surface area contributed by atoms with Gasteiger partial charge in [-0.1, -0.05) is 0 Å². The summed E-state index contributed by atoms with van der Waals surface area (Å²) < 4.78 is 30.9. The first-order valence-electron chi connectivity index (χ1n) is 9.04. The highest BCUT2D eigenvalue weighted by atomic mass is 32.2. The maximum atomic E-state index is 12.3. The molecule has 2 aromatic rings. The molecular weight excluding hydrogens is 368 g/mol. The molecule has 0 saturated heterocycles. The van der Waals surface area contributed by atoms with Gasteiger partial charge >= 0.3 is 5.97 Å². The summed E-state index contributed by atoms with van der Waals surface area (Å²) in [7, 11) is 1.60. The molecule has 9 heteroatoms. The molecule has 1 saturated carbocycles. The Morgan fingerprint density at radius 1 is 1.37 bits per heavy atom. The first-order valence-corrected chi connectivity index (χ1v) is 10.7. The van der Waals surface area contributed by atoms with Crippen LogP contribution in [-0.2, 0) is 14.8 Å². The monoisotopic (exact) mass is 394 g/mol. The van der Waals surface area contributed by atoms with E-state index in [2.05, 4.69) is 19.6 Å². The summed E-state index contributed by atoms with van der Waals surface area (Å²) in [4.78, 5) is 21.8. The SMILES string of the molecule is CNS(=O)(=O)C[C@H]1CC[C@H](N(C)c2c(C(=O)OC)cnc3[nH]ccc23)CC1. The van der Waals surface area contributed by atoms with Crippen molar-refractivity contribution in [2.24, 2.45) is 5.92 Å². The van der Waals surface area contributed by atoms with Crippen molar-refractivity contribution in [3.8, 4) is 0 Å². The van der Waals surface area contributed by atoms with Crippen molar-refractivity contribution in [1.29, 1.82) is 0 Å². The lowest BCUT2D eigenvalue weighted by molar-refractivity contribution is 0.0601. The lowest BCUT2D eigenvalue weighted by atomic mass is 9.86. The Hall–Kier alpha value is -2.13. The van der Waals surface area contributed by atoms with Gasteiger partial charge in [0.15, 0.2) is 0 Å². The van der Waals surface area contributed by atoms with E-state index < -0.39 is 16.0 Å². The van der Waals surface area contributed by atoms with E-state index in [0.717, 1.165) is 42.4 Å². The van der Waals surface area contributed by atoms with E-state index in [1.165, 1.54) is 14.2 Å². The van der Waals surface area contributed by atoms with Crippen molar-refractivity contribution in [3.05, 3.63) is 24.0 Å². The molecule has 0 bridgehead atoms. The minimum absolute atomic E-state index is 0.164. The smallest absolute Gasteiger partial charge is 0.341 e. The number of aromatic nitrogens is 2. The highest BCUT2D eigenvalue weighted by Crippen LogP contribution is 2.35. The number of esters is 1. The van der Waals surface area contributed by atoms with Crippen LogP contribution in [0.5, 0.6) is 0 Å². The van der Waals surface area contributed by atoms with Crippen LogP contribution in [0, 0.1) is 5.92 Å². The molecule has 0 atom stereocenters. The van der Waals surface area contributed by atoms with Gasteiger partial charge in [-0.25, -0.2) is 22.9 Å². The van der Waals surface area contributed by atoms with Gasteiger partial charge in [-0.15, -0.1) is 0 Å². The number of nitrogens with zero attached hydrogens (tertiary/aromatic N) is 2. The molecule has 3 rings (SSSR count). The van der Waals surface area contributed by atoms with Crippen molar-refractivity contribution in [3.63, 3.8) is 0 Å². The van der Waals surface area contributed by atoms with E-state index >= 15 is 0 Å². The zero-order valence-electron chi connectivity index (χ0n) is 15.9. The number of carbonyl (C=O) groups excluding carboxylic acids is 1. The molecule has 1 fully saturated rings. The maximum absolute atomic E-state index is 12.3. The van der Waals surface area contributed by atoms with Gasteiger partial charge in [0.1, 0.15) is 11.2 Å². The fourth-order valence-electron chi connectivity index (χ4n) is 3.91. The Labute approximate surface area is 159 Å². The second-order valence-corrected chi connectivity index (χ2v) is 8.99. The first kappa shape index (κ1) is 19.6. The highest BCUT2D eigenvalue weighted by Gasteiger charge is 2.30. The normalized spacial score (nSPS) is 20.6. The van der Waals surface area contributed by atoms with Gasteiger partial charge in [-0.2, -0.15) is 0 Å². The number of ether oxygens (including phenoxy) is 1. The summed E-state index contributed by atoms with van der Waals surface area (Å²) in [6.07, 6.45) is 6.76. The van der Waals surface area contributed by atoms with Crippen molar-refractivity contribution in [2.45, 2.75) is 31.7 Å². The van der Waals surface area contributed by atoms with Gasteiger partial charge in [0.2, 0.25) is 10.0 Å². The third kappa shape index (κ3) is 4.08. The van der Waals surface area contributed by atoms with Crippen LogP contribution in [0.4, 0.5) is 5.69 Å². The van der Waals surface area contributed by atoms with Gasteiger partial charge < -0.3 is 14.6 Å². The third-order valence-corrected chi connectivity index (χ3v) is 6.98. The number of anilines is 1. The number of rotatable bonds is 6. The predicted octanol–water partition coefficient (Wildman–Crippen LogP) is 1.89. The fraction of sp³-hybridized carbons (Fsp3) is 0.556. The topological polar surface area (TPSA) is 104 Å². The number of hydrogen-bond acceptors (Lipinski definition) is 6. The number of H-pyrrole nitrogens is 1. The predicted molar refractivity (Wildman–Crippen MR) is 104 cm³/mol. The average Bonchev–Trinajstić information content (AvgIpc) is 3.15. The van der Waals surface area contributed by atoms with Gasteiger partial charge in [0.05, 0.1) is 18.6 Å². The maximum Gasteiger partial charge on any atom is 0.341 e. The van der Waals surface area contributed by atoms with E-state index in [4.69, 9.17) is 4.74 Å². The standard InChI is InChI=1S/C18H26N4O4S/c1-19-27(24,25)11-12-4-6-13(7-5-12)22(2)16-14-8-9-20-17(14)21-10-15(16)18(23)26-3/h8-10,12-13,19H,4-7,11H2,1-3H3,(H,20,21)/t12-,13-. The zero-order valence-corrected chi connectivity index (χ0v) is 16.7. The van der Waals surface area contributed by atoms with Crippen molar-refractivity contribution >= 4 is 32.7 Å². The van der Waals surface area contributed by atoms with Crippen LogP contribution in [0.15, 0.2) is 18.5 Å². The van der Waals surface area contributed by atoms with Gasteiger partial charge in [-0.05, 0) is 44.7 Å². The number of nitrogens with one attached hydrogen (secondary N) is 2. The second-order valence-electron chi connectivity index (χ2n) is 7.02. The second kappa shape index (κ2) is 7.85. The summed E-state index contributed by atoms with van der Waals surface area (Å²) in [5.41, 5.74) is 1.96. The van der Waals surface area contributed by atoms with E-state index in [1.54, 1.807) is 12.4 Å². The van der Waals surface area contributed by atoms with Crippen LogP contribution in [-0.4, -0.2) is 57.4 Å².